The Kier molecular flexibility index (Phi) is 6.73. The number of hydrogen-bond acceptors (Lipinski definition) is 6. The van der Waals surface area contributed by atoms with Gasteiger partial charge in [-0.15, -0.1) is 10.2 Å². The molecule has 3 nitrogen and oxygen atoms in total. The van der Waals surface area contributed by atoms with Crippen LogP contribution < -0.4 is 0 Å². The van der Waals surface area contributed by atoms with Gasteiger partial charge in [0, 0.05) is 5.56 Å². The van der Waals surface area contributed by atoms with Crippen molar-refractivity contribution in [3.63, 3.8) is 0 Å². The Morgan fingerprint density at radius 2 is 1.76 bits per heavy atom. The lowest BCUT2D eigenvalue weighted by Gasteiger charge is -2.02. The van der Waals surface area contributed by atoms with Crippen molar-refractivity contribution in [2.24, 2.45) is 0 Å². The fourth-order valence-corrected chi connectivity index (χ4v) is 4.61. The number of carbonyl (C=O) groups excluding carboxylic acids is 1. The molecule has 1 heterocycles. The van der Waals surface area contributed by atoms with Crippen LogP contribution in [0, 0.1) is 0 Å². The second-order valence-corrected chi connectivity index (χ2v) is 8.14. The topological polar surface area (TPSA) is 42.9 Å². The fraction of sp³-hybridized carbons (Fsp3) is 0.400. The van der Waals surface area contributed by atoms with E-state index < -0.39 is 0 Å². The third-order valence-electron chi connectivity index (χ3n) is 2.80. The van der Waals surface area contributed by atoms with Crippen LogP contribution in [0.15, 0.2) is 32.9 Å². The standard InChI is InChI=1S/C15H18N2OS3/c1-3-5-11-6-8-12(9-7-11)13(18)10-20-15-17-16-14(21-15)19-4-2/h6-9H,3-5,10H2,1-2H3. The second kappa shape index (κ2) is 8.56. The highest BCUT2D eigenvalue weighted by Crippen LogP contribution is 2.28. The number of rotatable bonds is 8. The zero-order chi connectivity index (χ0) is 15.1. The van der Waals surface area contributed by atoms with Gasteiger partial charge in [0.15, 0.2) is 14.5 Å². The Balaban J connectivity index is 1.88. The first-order valence-electron chi connectivity index (χ1n) is 6.94. The van der Waals surface area contributed by atoms with Gasteiger partial charge in [-0.25, -0.2) is 0 Å². The van der Waals surface area contributed by atoms with E-state index in [1.54, 1.807) is 23.1 Å². The van der Waals surface area contributed by atoms with Gasteiger partial charge >= 0.3 is 0 Å². The van der Waals surface area contributed by atoms with Crippen LogP contribution >= 0.6 is 34.9 Å². The number of hydrogen-bond donors (Lipinski definition) is 0. The molecule has 0 unspecified atom stereocenters. The first-order valence-corrected chi connectivity index (χ1v) is 9.73. The summed E-state index contributed by atoms with van der Waals surface area (Å²) in [5, 5.41) is 8.19. The molecule has 0 fully saturated rings. The van der Waals surface area contributed by atoms with Crippen molar-refractivity contribution >= 4 is 40.6 Å². The molecule has 21 heavy (non-hydrogen) atoms. The van der Waals surface area contributed by atoms with E-state index in [4.69, 9.17) is 0 Å². The summed E-state index contributed by atoms with van der Waals surface area (Å²) in [4.78, 5) is 12.2. The van der Waals surface area contributed by atoms with Crippen LogP contribution in [0.3, 0.4) is 0 Å². The van der Waals surface area contributed by atoms with Crippen LogP contribution in [-0.2, 0) is 6.42 Å². The monoisotopic (exact) mass is 338 g/mol. The zero-order valence-corrected chi connectivity index (χ0v) is 14.6. The molecule has 0 spiro atoms. The van der Waals surface area contributed by atoms with Gasteiger partial charge in [0.1, 0.15) is 0 Å². The molecule has 1 aromatic carbocycles. The molecule has 2 rings (SSSR count). The Hall–Kier alpha value is -0.850. The molecule has 6 heteroatoms. The van der Waals surface area contributed by atoms with E-state index >= 15 is 0 Å². The zero-order valence-electron chi connectivity index (χ0n) is 12.2. The summed E-state index contributed by atoms with van der Waals surface area (Å²) < 4.78 is 1.83. The molecule has 112 valence electrons. The van der Waals surface area contributed by atoms with Crippen LogP contribution in [0.1, 0.15) is 36.2 Å². The highest BCUT2D eigenvalue weighted by atomic mass is 32.2. The quantitative estimate of drug-likeness (QED) is 0.521. The number of aryl methyl sites for hydroxylation is 1. The molecule has 0 aliphatic heterocycles. The van der Waals surface area contributed by atoms with E-state index in [9.17, 15) is 4.79 Å². The molecular weight excluding hydrogens is 320 g/mol. The fourth-order valence-electron chi connectivity index (χ4n) is 1.79. The van der Waals surface area contributed by atoms with Gasteiger partial charge < -0.3 is 0 Å². The summed E-state index contributed by atoms with van der Waals surface area (Å²) in [5.41, 5.74) is 2.06. The average molecular weight is 339 g/mol. The number of carbonyl (C=O) groups is 1. The highest BCUT2D eigenvalue weighted by molar-refractivity contribution is 8.03. The minimum absolute atomic E-state index is 0.142. The second-order valence-electron chi connectivity index (χ2n) is 4.43. The van der Waals surface area contributed by atoms with Crippen LogP contribution in [-0.4, -0.2) is 27.5 Å². The molecule has 0 N–H and O–H groups in total. The average Bonchev–Trinajstić information content (AvgIpc) is 2.94. The maximum absolute atomic E-state index is 12.2. The molecule has 0 atom stereocenters. The van der Waals surface area contributed by atoms with Crippen LogP contribution in [0.25, 0.3) is 0 Å². The maximum atomic E-state index is 12.2. The molecule has 0 saturated carbocycles. The Morgan fingerprint density at radius 3 is 2.38 bits per heavy atom. The highest BCUT2D eigenvalue weighted by Gasteiger charge is 2.10. The van der Waals surface area contributed by atoms with E-state index in [1.807, 2.05) is 24.3 Å². The van der Waals surface area contributed by atoms with Crippen molar-refractivity contribution < 1.29 is 4.79 Å². The lowest BCUT2D eigenvalue weighted by Crippen LogP contribution is -2.02. The van der Waals surface area contributed by atoms with Crippen molar-refractivity contribution in [2.45, 2.75) is 35.4 Å². The van der Waals surface area contributed by atoms with Gasteiger partial charge in [0.05, 0.1) is 5.75 Å². The summed E-state index contributed by atoms with van der Waals surface area (Å²) >= 11 is 4.70. The molecule has 0 aliphatic carbocycles. The van der Waals surface area contributed by atoms with Crippen molar-refractivity contribution in [1.29, 1.82) is 0 Å². The summed E-state index contributed by atoms with van der Waals surface area (Å²) in [6.07, 6.45) is 2.18. The van der Waals surface area contributed by atoms with Crippen LogP contribution in [0.5, 0.6) is 0 Å². The van der Waals surface area contributed by atoms with Crippen molar-refractivity contribution in [3.05, 3.63) is 35.4 Å². The van der Waals surface area contributed by atoms with Gasteiger partial charge in [-0.2, -0.15) is 0 Å². The van der Waals surface area contributed by atoms with Gasteiger partial charge in [-0.05, 0) is 17.7 Å². The van der Waals surface area contributed by atoms with E-state index in [-0.39, 0.29) is 5.78 Å². The lowest BCUT2D eigenvalue weighted by molar-refractivity contribution is 0.102. The number of Topliss-reactive ketones (excluding diaryl/α,β-unsaturated/α-hetero) is 1. The van der Waals surface area contributed by atoms with Crippen molar-refractivity contribution in [2.75, 3.05) is 11.5 Å². The normalized spacial score (nSPS) is 10.8. The molecule has 0 amide bonds. The van der Waals surface area contributed by atoms with Crippen molar-refractivity contribution in [3.8, 4) is 0 Å². The first kappa shape index (κ1) is 16.5. The van der Waals surface area contributed by atoms with Crippen LogP contribution in [0.4, 0.5) is 0 Å². The van der Waals surface area contributed by atoms with Gasteiger partial charge in [0.25, 0.3) is 0 Å². The Labute approximate surface area is 137 Å². The predicted molar refractivity (Wildman–Crippen MR) is 91.8 cm³/mol. The number of ketones is 1. The van der Waals surface area contributed by atoms with Gasteiger partial charge in [-0.1, -0.05) is 79.4 Å². The molecular formula is C15H18N2OS3. The third-order valence-corrected chi connectivity index (χ3v) is 5.87. The minimum atomic E-state index is 0.142. The summed E-state index contributed by atoms with van der Waals surface area (Å²) in [6, 6.07) is 7.93. The largest absolute Gasteiger partial charge is 0.293 e. The molecule has 0 radical (unpaired) electrons. The van der Waals surface area contributed by atoms with E-state index in [0.29, 0.717) is 5.75 Å². The molecule has 0 aliphatic rings. The SMILES string of the molecule is CCCc1ccc(C(=O)CSc2nnc(SCC)s2)cc1. The van der Waals surface area contributed by atoms with E-state index in [1.165, 1.54) is 17.3 Å². The molecule has 0 bridgehead atoms. The summed E-state index contributed by atoms with van der Waals surface area (Å²) in [6.45, 7) is 4.24. The molecule has 1 aromatic heterocycles. The molecule has 2 aromatic rings. The summed E-state index contributed by atoms with van der Waals surface area (Å²) in [7, 11) is 0. The lowest BCUT2D eigenvalue weighted by atomic mass is 10.1. The number of benzene rings is 1. The number of nitrogens with zero attached hydrogens (tertiary/aromatic N) is 2. The Morgan fingerprint density at radius 1 is 1.10 bits per heavy atom. The van der Waals surface area contributed by atoms with Gasteiger partial charge in [-0.3, -0.25) is 4.79 Å². The Bertz CT molecular complexity index is 581. The van der Waals surface area contributed by atoms with Crippen LogP contribution in [0.2, 0.25) is 0 Å². The third kappa shape index (κ3) is 5.13. The smallest absolute Gasteiger partial charge is 0.175 e. The van der Waals surface area contributed by atoms with E-state index in [0.717, 1.165) is 32.8 Å². The summed E-state index contributed by atoms with van der Waals surface area (Å²) in [5.74, 6) is 1.55. The maximum Gasteiger partial charge on any atom is 0.175 e. The van der Waals surface area contributed by atoms with Crippen molar-refractivity contribution in [1.82, 2.24) is 10.2 Å². The van der Waals surface area contributed by atoms with E-state index in [2.05, 4.69) is 24.0 Å². The number of aromatic nitrogens is 2. The molecule has 0 saturated heterocycles. The predicted octanol–water partition coefficient (Wildman–Crippen LogP) is 4.58. The van der Waals surface area contributed by atoms with Gasteiger partial charge in [0.2, 0.25) is 0 Å². The first-order chi connectivity index (χ1) is 10.2. The number of thioether (sulfide) groups is 2. The minimum Gasteiger partial charge on any atom is -0.293 e.